The van der Waals surface area contributed by atoms with Crippen LogP contribution in [-0.4, -0.2) is 45.6 Å². The predicted molar refractivity (Wildman–Crippen MR) is 163 cm³/mol. The van der Waals surface area contributed by atoms with Gasteiger partial charge in [-0.2, -0.15) is 0 Å². The number of carbonyl (C=O) groups is 1. The van der Waals surface area contributed by atoms with Crippen molar-refractivity contribution >= 4 is 5.91 Å². The molecule has 4 aromatic rings. The zero-order valence-corrected chi connectivity index (χ0v) is 24.1. The van der Waals surface area contributed by atoms with Gasteiger partial charge in [0.15, 0.2) is 5.60 Å². The van der Waals surface area contributed by atoms with E-state index in [9.17, 15) is 15.0 Å². The number of oxazole rings is 1. The van der Waals surface area contributed by atoms with E-state index in [1.165, 1.54) is 12.0 Å². The van der Waals surface area contributed by atoms with Gasteiger partial charge in [0, 0.05) is 44.1 Å². The highest BCUT2D eigenvalue weighted by Gasteiger charge is 2.44. The lowest BCUT2D eigenvalue weighted by atomic mass is 9.73. The summed E-state index contributed by atoms with van der Waals surface area (Å²) < 4.78 is 6.30. The van der Waals surface area contributed by atoms with Crippen LogP contribution in [0.2, 0.25) is 0 Å². The molecule has 1 fully saturated rings. The molecular formula is C35H41N3O4. The molecule has 1 aromatic heterocycles. The van der Waals surface area contributed by atoms with E-state index in [0.717, 1.165) is 49.1 Å². The van der Waals surface area contributed by atoms with E-state index >= 15 is 0 Å². The van der Waals surface area contributed by atoms with Gasteiger partial charge in [-0.1, -0.05) is 92.1 Å². The molecule has 7 heteroatoms. The molecule has 7 nitrogen and oxygen atoms in total. The zero-order chi connectivity index (χ0) is 29.2. The van der Waals surface area contributed by atoms with Crippen molar-refractivity contribution in [2.24, 2.45) is 5.92 Å². The van der Waals surface area contributed by atoms with Crippen molar-refractivity contribution in [1.82, 2.24) is 15.2 Å². The van der Waals surface area contributed by atoms with Crippen molar-refractivity contribution in [1.29, 1.82) is 0 Å². The molecule has 0 bridgehead atoms. The lowest BCUT2D eigenvalue weighted by molar-refractivity contribution is -0.0239. The molecule has 1 unspecified atom stereocenters. The molecule has 42 heavy (non-hydrogen) atoms. The van der Waals surface area contributed by atoms with Gasteiger partial charge in [0.2, 0.25) is 5.89 Å². The standard InChI is InChI=1S/C35H41N3O4/c39-26-28-16-18-29(19-17-28)33(40)36-21-23-38(25-27-10-4-1-5-11-27)22-20-32-24-37-34(42-32)35(41,30-12-6-2-7-13-30)31-14-8-3-9-15-31/h1-2,4-7,10-13,16-19,24,31,39,41H,3,8-9,14-15,20-23,25-26H2,(H,36,40). The van der Waals surface area contributed by atoms with Gasteiger partial charge in [0.05, 0.1) is 12.8 Å². The predicted octanol–water partition coefficient (Wildman–Crippen LogP) is 5.46. The molecule has 0 saturated heterocycles. The highest BCUT2D eigenvalue weighted by molar-refractivity contribution is 5.94. The van der Waals surface area contributed by atoms with Crippen LogP contribution in [-0.2, 0) is 25.2 Å². The van der Waals surface area contributed by atoms with Gasteiger partial charge < -0.3 is 19.9 Å². The molecule has 1 heterocycles. The summed E-state index contributed by atoms with van der Waals surface area (Å²) in [5, 5.41) is 24.4. The van der Waals surface area contributed by atoms with Crippen LogP contribution >= 0.6 is 0 Å². The highest BCUT2D eigenvalue weighted by atomic mass is 16.4. The number of aromatic nitrogens is 1. The lowest BCUT2D eigenvalue weighted by Gasteiger charge is -2.36. The summed E-state index contributed by atoms with van der Waals surface area (Å²) in [7, 11) is 0. The molecule has 0 aliphatic heterocycles. The Morgan fingerprint density at radius 1 is 0.905 bits per heavy atom. The van der Waals surface area contributed by atoms with E-state index in [1.807, 2.05) is 48.5 Å². The number of nitrogens with zero attached hydrogens (tertiary/aromatic N) is 2. The second-order valence-corrected chi connectivity index (χ2v) is 11.2. The first-order valence-corrected chi connectivity index (χ1v) is 15.0. The molecule has 3 aromatic carbocycles. The van der Waals surface area contributed by atoms with Crippen LogP contribution in [0, 0.1) is 5.92 Å². The van der Waals surface area contributed by atoms with Crippen molar-refractivity contribution in [3.05, 3.63) is 125 Å². The molecule has 0 radical (unpaired) electrons. The smallest absolute Gasteiger partial charge is 0.251 e. The Kier molecular flexibility index (Phi) is 10.2. The van der Waals surface area contributed by atoms with E-state index < -0.39 is 5.60 Å². The van der Waals surface area contributed by atoms with Crippen molar-refractivity contribution < 1.29 is 19.4 Å². The van der Waals surface area contributed by atoms with Crippen LogP contribution in [0.4, 0.5) is 0 Å². The van der Waals surface area contributed by atoms with Crippen molar-refractivity contribution in [2.45, 2.75) is 57.3 Å². The molecule has 1 atom stereocenters. The maximum absolute atomic E-state index is 12.7. The average molecular weight is 568 g/mol. The number of carbonyl (C=O) groups excluding carboxylic acids is 1. The molecule has 1 aliphatic carbocycles. The molecular weight excluding hydrogens is 526 g/mol. The summed E-state index contributed by atoms with van der Waals surface area (Å²) in [6.07, 6.45) is 7.69. The minimum atomic E-state index is -1.25. The maximum Gasteiger partial charge on any atom is 0.251 e. The van der Waals surface area contributed by atoms with Crippen LogP contribution in [0.25, 0.3) is 0 Å². The van der Waals surface area contributed by atoms with E-state index in [0.29, 0.717) is 37.5 Å². The normalized spacial score (nSPS) is 15.4. The number of hydrogen-bond acceptors (Lipinski definition) is 6. The number of rotatable bonds is 13. The first kappa shape index (κ1) is 29.7. The summed E-state index contributed by atoms with van der Waals surface area (Å²) in [5.74, 6) is 1.05. The van der Waals surface area contributed by atoms with Gasteiger partial charge in [-0.15, -0.1) is 0 Å². The fourth-order valence-corrected chi connectivity index (χ4v) is 5.92. The van der Waals surface area contributed by atoms with E-state index in [4.69, 9.17) is 4.42 Å². The molecule has 3 N–H and O–H groups in total. The quantitative estimate of drug-likeness (QED) is 0.199. The molecule has 0 spiro atoms. The fourth-order valence-electron chi connectivity index (χ4n) is 5.92. The van der Waals surface area contributed by atoms with Crippen LogP contribution in [0.1, 0.15) is 70.8 Å². The Labute approximate surface area is 248 Å². The van der Waals surface area contributed by atoms with Gasteiger partial charge in [-0.25, -0.2) is 4.98 Å². The summed E-state index contributed by atoms with van der Waals surface area (Å²) in [5.41, 5.74) is 2.12. The van der Waals surface area contributed by atoms with Gasteiger partial charge in [0.25, 0.3) is 5.91 Å². The fraction of sp³-hybridized carbons (Fsp3) is 0.371. The highest BCUT2D eigenvalue weighted by Crippen LogP contribution is 2.43. The third-order valence-corrected chi connectivity index (χ3v) is 8.33. The summed E-state index contributed by atoms with van der Waals surface area (Å²) in [6.45, 7) is 2.54. The van der Waals surface area contributed by atoms with Crippen molar-refractivity contribution in [2.75, 3.05) is 19.6 Å². The minimum Gasteiger partial charge on any atom is -0.442 e. The van der Waals surface area contributed by atoms with E-state index in [1.54, 1.807) is 30.5 Å². The Balaban J connectivity index is 1.25. The van der Waals surface area contributed by atoms with E-state index in [2.05, 4.69) is 27.3 Å². The largest absolute Gasteiger partial charge is 0.442 e. The third-order valence-electron chi connectivity index (χ3n) is 8.33. The topological polar surface area (TPSA) is 98.8 Å². The Morgan fingerprint density at radius 3 is 2.29 bits per heavy atom. The zero-order valence-electron chi connectivity index (χ0n) is 24.1. The van der Waals surface area contributed by atoms with Crippen molar-refractivity contribution in [3.63, 3.8) is 0 Å². The molecule has 220 valence electrons. The van der Waals surface area contributed by atoms with E-state index in [-0.39, 0.29) is 18.4 Å². The van der Waals surface area contributed by atoms with Crippen LogP contribution in [0.5, 0.6) is 0 Å². The Bertz CT molecular complexity index is 1380. The Morgan fingerprint density at radius 2 is 1.60 bits per heavy atom. The third kappa shape index (κ3) is 7.34. The summed E-state index contributed by atoms with van der Waals surface area (Å²) >= 11 is 0. The van der Waals surface area contributed by atoms with Crippen molar-refractivity contribution in [3.8, 4) is 0 Å². The van der Waals surface area contributed by atoms with Crippen LogP contribution < -0.4 is 5.32 Å². The SMILES string of the molecule is O=C(NCCN(CCc1cnc(C(O)(c2ccccc2)C2CCCCC2)o1)Cc1ccccc1)c1ccc(CO)cc1. The maximum atomic E-state index is 12.7. The number of benzene rings is 3. The number of nitrogens with one attached hydrogen (secondary N) is 1. The molecule has 1 saturated carbocycles. The Hall–Kier alpha value is -3.78. The molecule has 1 aliphatic rings. The second kappa shape index (κ2) is 14.4. The van der Waals surface area contributed by atoms with Gasteiger partial charge in [-0.3, -0.25) is 9.69 Å². The monoisotopic (exact) mass is 567 g/mol. The number of aliphatic hydroxyl groups is 2. The number of aliphatic hydroxyl groups excluding tert-OH is 1. The number of amides is 1. The first-order chi connectivity index (χ1) is 20.6. The average Bonchev–Trinajstić information content (AvgIpc) is 3.54. The molecule has 5 rings (SSSR count). The summed E-state index contributed by atoms with van der Waals surface area (Å²) in [6, 6.07) is 27.1. The van der Waals surface area contributed by atoms with Gasteiger partial charge >= 0.3 is 0 Å². The first-order valence-electron chi connectivity index (χ1n) is 15.0. The lowest BCUT2D eigenvalue weighted by Crippen LogP contribution is -2.38. The number of hydrogen-bond donors (Lipinski definition) is 3. The van der Waals surface area contributed by atoms with Gasteiger partial charge in [0.1, 0.15) is 5.76 Å². The molecule has 1 amide bonds. The second-order valence-electron chi connectivity index (χ2n) is 11.2. The van der Waals surface area contributed by atoms with Gasteiger partial charge in [-0.05, 0) is 41.7 Å². The minimum absolute atomic E-state index is 0.0465. The summed E-state index contributed by atoms with van der Waals surface area (Å²) in [4.78, 5) is 19.6. The van der Waals surface area contributed by atoms with Crippen LogP contribution in [0.15, 0.2) is 95.5 Å². The van der Waals surface area contributed by atoms with Crippen LogP contribution in [0.3, 0.4) is 0 Å².